The maximum absolute atomic E-state index is 11.3. The van der Waals surface area contributed by atoms with Crippen LogP contribution in [0.5, 0.6) is 0 Å². The van der Waals surface area contributed by atoms with Gasteiger partial charge in [0, 0.05) is 19.0 Å². The van der Waals surface area contributed by atoms with Gasteiger partial charge in [-0.05, 0) is 12.0 Å². The second-order valence-corrected chi connectivity index (χ2v) is 3.77. The molecular weight excluding hydrogens is 174 g/mol. The largest absolute Gasteiger partial charge is 0.335 e. The second-order valence-electron chi connectivity index (χ2n) is 3.77. The molecule has 2 nitrogen and oxygen atoms in total. The standard InChI is InChI=1S/C12H15NO/c1-2-11-8-12(14)13(11)9-10-6-4-3-5-7-10/h3-7,11H,2,8-9H2,1H3/t11-/m1/s1. The van der Waals surface area contributed by atoms with E-state index in [1.54, 1.807) is 0 Å². The number of nitrogens with zero attached hydrogens (tertiary/aromatic N) is 1. The van der Waals surface area contributed by atoms with Crippen molar-refractivity contribution in [2.75, 3.05) is 0 Å². The van der Waals surface area contributed by atoms with Gasteiger partial charge in [0.15, 0.2) is 0 Å². The molecule has 0 aliphatic carbocycles. The first-order valence-electron chi connectivity index (χ1n) is 5.14. The van der Waals surface area contributed by atoms with E-state index in [2.05, 4.69) is 19.1 Å². The molecule has 0 aromatic heterocycles. The van der Waals surface area contributed by atoms with Crippen LogP contribution in [-0.4, -0.2) is 16.8 Å². The summed E-state index contributed by atoms with van der Waals surface area (Å²) in [6.45, 7) is 2.91. The Bertz CT molecular complexity index is 320. The van der Waals surface area contributed by atoms with Gasteiger partial charge in [0.05, 0.1) is 0 Å². The van der Waals surface area contributed by atoms with E-state index >= 15 is 0 Å². The maximum Gasteiger partial charge on any atom is 0.225 e. The van der Waals surface area contributed by atoms with Crippen LogP contribution in [0.3, 0.4) is 0 Å². The van der Waals surface area contributed by atoms with E-state index in [9.17, 15) is 4.79 Å². The molecule has 1 aromatic carbocycles. The third-order valence-corrected chi connectivity index (χ3v) is 2.84. The van der Waals surface area contributed by atoms with Crippen LogP contribution < -0.4 is 0 Å². The van der Waals surface area contributed by atoms with Crippen molar-refractivity contribution in [3.8, 4) is 0 Å². The molecule has 74 valence electrons. The number of carbonyl (C=O) groups excluding carboxylic acids is 1. The molecule has 0 unspecified atom stereocenters. The Labute approximate surface area is 84.5 Å². The Morgan fingerprint density at radius 2 is 2.07 bits per heavy atom. The highest BCUT2D eigenvalue weighted by molar-refractivity contribution is 5.83. The lowest BCUT2D eigenvalue weighted by Crippen LogP contribution is -2.51. The number of rotatable bonds is 3. The molecule has 1 aliphatic heterocycles. The summed E-state index contributed by atoms with van der Waals surface area (Å²) < 4.78 is 0. The van der Waals surface area contributed by atoms with Gasteiger partial charge in [0.2, 0.25) is 5.91 Å². The molecule has 0 N–H and O–H groups in total. The highest BCUT2D eigenvalue weighted by Crippen LogP contribution is 2.24. The lowest BCUT2D eigenvalue weighted by Gasteiger charge is -2.40. The molecule has 14 heavy (non-hydrogen) atoms. The van der Waals surface area contributed by atoms with Crippen molar-refractivity contribution >= 4 is 5.91 Å². The van der Waals surface area contributed by atoms with Crippen molar-refractivity contribution in [3.63, 3.8) is 0 Å². The first-order valence-corrected chi connectivity index (χ1v) is 5.14. The van der Waals surface area contributed by atoms with Gasteiger partial charge in [0.25, 0.3) is 0 Å². The predicted molar refractivity (Wildman–Crippen MR) is 55.7 cm³/mol. The SMILES string of the molecule is CC[C@@H]1CC(=O)N1Cc1ccccc1. The Hall–Kier alpha value is -1.31. The number of carbonyl (C=O) groups is 1. The van der Waals surface area contributed by atoms with Crippen molar-refractivity contribution in [2.45, 2.75) is 32.4 Å². The van der Waals surface area contributed by atoms with Gasteiger partial charge in [0.1, 0.15) is 0 Å². The molecule has 2 heteroatoms. The Kier molecular flexibility index (Phi) is 2.53. The Balaban J connectivity index is 2.01. The summed E-state index contributed by atoms with van der Waals surface area (Å²) in [5.41, 5.74) is 1.22. The zero-order chi connectivity index (χ0) is 9.97. The average Bonchev–Trinajstić information content (AvgIpc) is 2.24. The molecule has 0 bridgehead atoms. The van der Waals surface area contributed by atoms with Crippen LogP contribution in [0.15, 0.2) is 30.3 Å². The molecule has 0 radical (unpaired) electrons. The normalized spacial score (nSPS) is 20.8. The van der Waals surface area contributed by atoms with Crippen molar-refractivity contribution in [1.82, 2.24) is 4.90 Å². The van der Waals surface area contributed by atoms with Gasteiger partial charge in [-0.25, -0.2) is 0 Å². The summed E-state index contributed by atoms with van der Waals surface area (Å²) in [5, 5.41) is 0. The summed E-state index contributed by atoms with van der Waals surface area (Å²) in [5.74, 6) is 0.292. The van der Waals surface area contributed by atoms with Crippen LogP contribution >= 0.6 is 0 Å². The van der Waals surface area contributed by atoms with E-state index < -0.39 is 0 Å². The molecule has 1 atom stereocenters. The number of likely N-dealkylation sites (tertiary alicyclic amines) is 1. The first kappa shape index (κ1) is 9.25. The minimum Gasteiger partial charge on any atom is -0.335 e. The van der Waals surface area contributed by atoms with Gasteiger partial charge in [-0.15, -0.1) is 0 Å². The number of hydrogen-bond donors (Lipinski definition) is 0. The number of β-lactam (4-membered cyclic amide) rings is 1. The second kappa shape index (κ2) is 3.82. The third kappa shape index (κ3) is 1.65. The molecule has 1 saturated heterocycles. The lowest BCUT2D eigenvalue weighted by molar-refractivity contribution is -0.147. The highest BCUT2D eigenvalue weighted by Gasteiger charge is 2.33. The van der Waals surface area contributed by atoms with Gasteiger partial charge >= 0.3 is 0 Å². The molecule has 2 rings (SSSR count). The fourth-order valence-electron chi connectivity index (χ4n) is 1.88. The van der Waals surface area contributed by atoms with Gasteiger partial charge < -0.3 is 4.90 Å². The fourth-order valence-corrected chi connectivity index (χ4v) is 1.88. The minimum atomic E-state index is 0.292. The van der Waals surface area contributed by atoms with E-state index in [1.807, 2.05) is 23.1 Å². The molecule has 1 amide bonds. The zero-order valence-electron chi connectivity index (χ0n) is 8.44. The first-order chi connectivity index (χ1) is 6.81. The fraction of sp³-hybridized carbons (Fsp3) is 0.417. The Morgan fingerprint density at radius 1 is 1.36 bits per heavy atom. The molecule has 0 spiro atoms. The van der Waals surface area contributed by atoms with Crippen LogP contribution in [0.2, 0.25) is 0 Å². The van der Waals surface area contributed by atoms with Crippen molar-refractivity contribution in [3.05, 3.63) is 35.9 Å². The smallest absolute Gasteiger partial charge is 0.225 e. The van der Waals surface area contributed by atoms with Gasteiger partial charge in [-0.1, -0.05) is 37.3 Å². The molecule has 1 heterocycles. The van der Waals surface area contributed by atoms with Crippen LogP contribution in [0.25, 0.3) is 0 Å². The van der Waals surface area contributed by atoms with Gasteiger partial charge in [-0.3, -0.25) is 4.79 Å². The van der Waals surface area contributed by atoms with E-state index in [1.165, 1.54) is 5.56 Å². The molecule has 1 aliphatic rings. The number of hydrogen-bond acceptors (Lipinski definition) is 1. The number of amides is 1. The minimum absolute atomic E-state index is 0.292. The Morgan fingerprint density at radius 3 is 2.64 bits per heavy atom. The summed E-state index contributed by atoms with van der Waals surface area (Å²) >= 11 is 0. The quantitative estimate of drug-likeness (QED) is 0.667. The van der Waals surface area contributed by atoms with Crippen LogP contribution in [0.1, 0.15) is 25.3 Å². The predicted octanol–water partition coefficient (Wildman–Crippen LogP) is 2.20. The summed E-state index contributed by atoms with van der Waals surface area (Å²) in [4.78, 5) is 13.3. The summed E-state index contributed by atoms with van der Waals surface area (Å²) in [6.07, 6.45) is 1.81. The molecule has 0 saturated carbocycles. The average molecular weight is 189 g/mol. The summed E-state index contributed by atoms with van der Waals surface area (Å²) in [7, 11) is 0. The van der Waals surface area contributed by atoms with E-state index in [0.29, 0.717) is 11.9 Å². The third-order valence-electron chi connectivity index (χ3n) is 2.84. The molecule has 1 aromatic rings. The zero-order valence-corrected chi connectivity index (χ0v) is 8.44. The highest BCUT2D eigenvalue weighted by atomic mass is 16.2. The van der Waals surface area contributed by atoms with E-state index in [-0.39, 0.29) is 0 Å². The van der Waals surface area contributed by atoms with Crippen molar-refractivity contribution < 1.29 is 4.79 Å². The van der Waals surface area contributed by atoms with E-state index in [0.717, 1.165) is 19.4 Å². The van der Waals surface area contributed by atoms with Gasteiger partial charge in [-0.2, -0.15) is 0 Å². The van der Waals surface area contributed by atoms with E-state index in [4.69, 9.17) is 0 Å². The molecular formula is C12H15NO. The van der Waals surface area contributed by atoms with Crippen molar-refractivity contribution in [1.29, 1.82) is 0 Å². The van der Waals surface area contributed by atoms with Crippen LogP contribution in [0.4, 0.5) is 0 Å². The van der Waals surface area contributed by atoms with Crippen LogP contribution in [-0.2, 0) is 11.3 Å². The van der Waals surface area contributed by atoms with Crippen LogP contribution in [0, 0.1) is 0 Å². The number of benzene rings is 1. The topological polar surface area (TPSA) is 20.3 Å². The van der Waals surface area contributed by atoms with Crippen molar-refractivity contribution in [2.24, 2.45) is 0 Å². The maximum atomic E-state index is 11.3. The lowest BCUT2D eigenvalue weighted by atomic mass is 9.98. The monoisotopic (exact) mass is 189 g/mol. The summed E-state index contributed by atoms with van der Waals surface area (Å²) in [6, 6.07) is 10.6. The molecule has 1 fully saturated rings.